The average Bonchev–Trinajstić information content (AvgIpc) is 2.01. The average molecular weight is 174 g/mol. The van der Waals surface area contributed by atoms with Crippen LogP contribution in [0.1, 0.15) is 6.42 Å². The summed E-state index contributed by atoms with van der Waals surface area (Å²) >= 11 is 5.57. The zero-order valence-electron chi connectivity index (χ0n) is 6.93. The van der Waals surface area contributed by atoms with E-state index in [9.17, 15) is 0 Å². The van der Waals surface area contributed by atoms with E-state index >= 15 is 0 Å². The van der Waals surface area contributed by atoms with Gasteiger partial charge in [-0.3, -0.25) is 4.90 Å². The van der Waals surface area contributed by atoms with Crippen LogP contribution < -0.4 is 0 Å². The van der Waals surface area contributed by atoms with Crippen molar-refractivity contribution in [2.24, 2.45) is 0 Å². The van der Waals surface area contributed by atoms with E-state index in [1.54, 1.807) is 0 Å². The zero-order chi connectivity index (χ0) is 8.53. The Bertz CT molecular complexity index is 102. The third kappa shape index (κ3) is 6.14. The van der Waals surface area contributed by atoms with Crippen LogP contribution in [-0.2, 0) is 0 Å². The van der Waals surface area contributed by atoms with Gasteiger partial charge in [0.15, 0.2) is 0 Å². The lowest BCUT2D eigenvalue weighted by atomic mass is 10.4. The van der Waals surface area contributed by atoms with E-state index in [-0.39, 0.29) is 0 Å². The normalized spacial score (nSPS) is 10.0. The van der Waals surface area contributed by atoms with Gasteiger partial charge in [-0.25, -0.2) is 0 Å². The van der Waals surface area contributed by atoms with E-state index in [2.05, 4.69) is 18.1 Å². The van der Waals surface area contributed by atoms with Gasteiger partial charge in [-0.15, -0.1) is 24.8 Å². The Kier molecular flexibility index (Phi) is 7.64. The smallest absolute Gasteiger partial charge is 0.0235 e. The zero-order valence-corrected chi connectivity index (χ0v) is 7.69. The third-order valence-electron chi connectivity index (χ3n) is 1.38. The number of hydrogen-bond donors (Lipinski definition) is 0. The summed E-state index contributed by atoms with van der Waals surface area (Å²) in [6, 6.07) is 0. The quantitative estimate of drug-likeness (QED) is 0.422. The molecule has 1 nitrogen and oxygen atoms in total. The Morgan fingerprint density at radius 3 is 2.09 bits per heavy atom. The minimum atomic E-state index is 0.727. The molecule has 0 saturated carbocycles. The molecule has 0 saturated heterocycles. The Labute approximate surface area is 74.3 Å². The summed E-state index contributed by atoms with van der Waals surface area (Å²) in [6.45, 7) is 10.2. The molecule has 0 spiro atoms. The lowest BCUT2D eigenvalue weighted by Crippen LogP contribution is -2.25. The molecule has 2 heteroatoms. The van der Waals surface area contributed by atoms with E-state index in [1.807, 2.05) is 12.2 Å². The van der Waals surface area contributed by atoms with Crippen molar-refractivity contribution in [1.29, 1.82) is 0 Å². The predicted octanol–water partition coefficient (Wildman–Crippen LogP) is 2.29. The third-order valence-corrected chi connectivity index (χ3v) is 1.65. The number of halogens is 1. The van der Waals surface area contributed by atoms with Gasteiger partial charge >= 0.3 is 0 Å². The predicted molar refractivity (Wildman–Crippen MR) is 52.2 cm³/mol. The number of rotatable bonds is 7. The summed E-state index contributed by atoms with van der Waals surface area (Å²) in [7, 11) is 0. The molecule has 0 aliphatic rings. The first kappa shape index (κ1) is 10.7. The molecule has 64 valence electrons. The molecule has 0 aliphatic carbocycles. The second-order valence-electron chi connectivity index (χ2n) is 2.38. The van der Waals surface area contributed by atoms with E-state index in [1.165, 1.54) is 0 Å². The van der Waals surface area contributed by atoms with Crippen molar-refractivity contribution in [3.63, 3.8) is 0 Å². The minimum absolute atomic E-state index is 0.727. The van der Waals surface area contributed by atoms with Crippen LogP contribution >= 0.6 is 11.6 Å². The molecular weight excluding hydrogens is 158 g/mol. The van der Waals surface area contributed by atoms with Crippen LogP contribution in [0, 0.1) is 0 Å². The second-order valence-corrected chi connectivity index (χ2v) is 2.76. The topological polar surface area (TPSA) is 3.24 Å². The van der Waals surface area contributed by atoms with E-state index in [0.717, 1.165) is 31.9 Å². The molecule has 0 atom stereocenters. The maximum atomic E-state index is 5.57. The molecule has 0 aromatic heterocycles. The maximum Gasteiger partial charge on any atom is 0.0235 e. The Balaban J connectivity index is 3.49. The Hall–Kier alpha value is -0.270. The molecule has 0 unspecified atom stereocenters. The first-order chi connectivity index (χ1) is 5.35. The summed E-state index contributed by atoms with van der Waals surface area (Å²) in [5.41, 5.74) is 0. The first-order valence-electron chi connectivity index (χ1n) is 3.85. The van der Waals surface area contributed by atoms with Gasteiger partial charge in [0.05, 0.1) is 0 Å². The van der Waals surface area contributed by atoms with Crippen LogP contribution in [0.2, 0.25) is 0 Å². The molecule has 0 radical (unpaired) electrons. The minimum Gasteiger partial charge on any atom is -0.296 e. The lowest BCUT2D eigenvalue weighted by Gasteiger charge is -2.17. The van der Waals surface area contributed by atoms with Crippen LogP contribution in [0.5, 0.6) is 0 Å². The van der Waals surface area contributed by atoms with Crippen molar-refractivity contribution in [3.8, 4) is 0 Å². The van der Waals surface area contributed by atoms with Crippen molar-refractivity contribution in [3.05, 3.63) is 25.3 Å². The van der Waals surface area contributed by atoms with Crippen LogP contribution in [0.3, 0.4) is 0 Å². The van der Waals surface area contributed by atoms with Crippen LogP contribution in [0.15, 0.2) is 25.3 Å². The molecule has 0 bridgehead atoms. The number of nitrogens with zero attached hydrogens (tertiary/aromatic N) is 1. The van der Waals surface area contributed by atoms with Crippen LogP contribution in [0.25, 0.3) is 0 Å². The number of alkyl halides is 1. The van der Waals surface area contributed by atoms with Crippen molar-refractivity contribution in [2.75, 3.05) is 25.5 Å². The highest BCUT2D eigenvalue weighted by atomic mass is 35.5. The van der Waals surface area contributed by atoms with Gasteiger partial charge in [0.25, 0.3) is 0 Å². The second kappa shape index (κ2) is 7.83. The molecule has 0 rings (SSSR count). The Morgan fingerprint density at radius 2 is 1.73 bits per heavy atom. The molecule has 0 aromatic rings. The molecule has 11 heavy (non-hydrogen) atoms. The fourth-order valence-corrected chi connectivity index (χ4v) is 1.03. The van der Waals surface area contributed by atoms with Crippen molar-refractivity contribution in [2.45, 2.75) is 6.42 Å². The number of hydrogen-bond acceptors (Lipinski definition) is 1. The molecule has 0 amide bonds. The highest BCUT2D eigenvalue weighted by Crippen LogP contribution is 1.93. The highest BCUT2D eigenvalue weighted by molar-refractivity contribution is 6.17. The fraction of sp³-hybridized carbons (Fsp3) is 0.556. The Morgan fingerprint density at radius 1 is 1.18 bits per heavy atom. The highest BCUT2D eigenvalue weighted by Gasteiger charge is 1.97. The van der Waals surface area contributed by atoms with Gasteiger partial charge in [-0.05, 0) is 13.0 Å². The standard InChI is InChI=1S/C9H16ClN/c1-3-7-11(8-4-2)9-5-6-10/h3-4H,1-2,5-9H2. The van der Waals surface area contributed by atoms with Crippen molar-refractivity contribution >= 4 is 11.6 Å². The fourth-order valence-electron chi connectivity index (χ4n) is 0.906. The van der Waals surface area contributed by atoms with Gasteiger partial charge in [-0.2, -0.15) is 0 Å². The van der Waals surface area contributed by atoms with Crippen LogP contribution in [-0.4, -0.2) is 30.4 Å². The monoisotopic (exact) mass is 173 g/mol. The summed E-state index contributed by atoms with van der Waals surface area (Å²) in [4.78, 5) is 2.25. The molecule has 0 heterocycles. The van der Waals surface area contributed by atoms with E-state index < -0.39 is 0 Å². The summed E-state index contributed by atoms with van der Waals surface area (Å²) in [6.07, 6.45) is 4.83. The van der Waals surface area contributed by atoms with E-state index in [0.29, 0.717) is 0 Å². The molecule has 0 aliphatic heterocycles. The first-order valence-corrected chi connectivity index (χ1v) is 4.38. The SMILES string of the molecule is C=CCN(CC=C)CCCCl. The van der Waals surface area contributed by atoms with Gasteiger partial charge < -0.3 is 0 Å². The van der Waals surface area contributed by atoms with Gasteiger partial charge in [0.2, 0.25) is 0 Å². The summed E-state index contributed by atoms with van der Waals surface area (Å²) in [5, 5.41) is 0. The molecule has 0 fully saturated rings. The van der Waals surface area contributed by atoms with Crippen molar-refractivity contribution in [1.82, 2.24) is 4.90 Å². The molecular formula is C9H16ClN. The summed E-state index contributed by atoms with van der Waals surface area (Å²) in [5.74, 6) is 0.727. The molecule has 0 N–H and O–H groups in total. The van der Waals surface area contributed by atoms with E-state index in [4.69, 9.17) is 11.6 Å². The van der Waals surface area contributed by atoms with Crippen LogP contribution in [0.4, 0.5) is 0 Å². The maximum absolute atomic E-state index is 5.57. The lowest BCUT2D eigenvalue weighted by molar-refractivity contribution is 0.337. The largest absolute Gasteiger partial charge is 0.296 e. The van der Waals surface area contributed by atoms with Gasteiger partial charge in [0.1, 0.15) is 0 Å². The van der Waals surface area contributed by atoms with Gasteiger partial charge in [-0.1, -0.05) is 12.2 Å². The van der Waals surface area contributed by atoms with Crippen molar-refractivity contribution < 1.29 is 0 Å². The molecule has 0 aromatic carbocycles. The summed E-state index contributed by atoms with van der Waals surface area (Å²) < 4.78 is 0. The van der Waals surface area contributed by atoms with Gasteiger partial charge in [0, 0.05) is 19.0 Å².